The van der Waals surface area contributed by atoms with Gasteiger partial charge < -0.3 is 10.6 Å². The van der Waals surface area contributed by atoms with Gasteiger partial charge in [-0.1, -0.05) is 12.1 Å². The van der Waals surface area contributed by atoms with E-state index < -0.39 is 0 Å². The number of nitrogens with two attached hydrogens (primary N) is 1. The number of rotatable bonds is 3. The first-order valence-corrected chi connectivity index (χ1v) is 6.73. The van der Waals surface area contributed by atoms with E-state index in [0.29, 0.717) is 23.7 Å². The van der Waals surface area contributed by atoms with E-state index >= 15 is 0 Å². The minimum atomic E-state index is -0.282. The van der Waals surface area contributed by atoms with Crippen LogP contribution in [0.3, 0.4) is 0 Å². The van der Waals surface area contributed by atoms with Crippen molar-refractivity contribution in [3.05, 3.63) is 54.6 Å². The van der Waals surface area contributed by atoms with Gasteiger partial charge in [0.15, 0.2) is 0 Å². The molecule has 2 aromatic carbocycles. The summed E-state index contributed by atoms with van der Waals surface area (Å²) in [6.07, 6.45) is 1.48. The summed E-state index contributed by atoms with van der Waals surface area (Å²) in [5.41, 5.74) is 7.75. The first kappa shape index (κ1) is 13.3. The number of halogens is 1. The summed E-state index contributed by atoms with van der Waals surface area (Å²) in [6, 6.07) is 12.1. The zero-order valence-electron chi connectivity index (χ0n) is 11.6. The molecule has 0 atom stereocenters. The number of hydrogen-bond donors (Lipinski definition) is 1. The Balaban J connectivity index is 2.22. The molecule has 0 saturated carbocycles. The second-order valence-corrected chi connectivity index (χ2v) is 4.67. The van der Waals surface area contributed by atoms with Gasteiger partial charge in [-0.15, -0.1) is 0 Å². The topological polar surface area (TPSA) is 55.0 Å². The molecule has 0 unspecified atom stereocenters. The molecule has 0 spiro atoms. The zero-order chi connectivity index (χ0) is 14.8. The van der Waals surface area contributed by atoms with E-state index in [4.69, 9.17) is 5.73 Å². The lowest BCUT2D eigenvalue weighted by molar-refractivity contribution is 0.625. The van der Waals surface area contributed by atoms with Crippen LogP contribution < -0.4 is 10.6 Å². The van der Waals surface area contributed by atoms with Gasteiger partial charge in [-0.05, 0) is 37.3 Å². The van der Waals surface area contributed by atoms with Crippen LogP contribution in [0.5, 0.6) is 0 Å². The molecule has 0 saturated heterocycles. The van der Waals surface area contributed by atoms with Gasteiger partial charge in [0.1, 0.15) is 18.0 Å². The number of nitrogens with zero attached hydrogens (tertiary/aromatic N) is 3. The molecule has 3 aromatic rings. The van der Waals surface area contributed by atoms with Crippen LogP contribution in [0.25, 0.3) is 10.9 Å². The van der Waals surface area contributed by atoms with E-state index in [2.05, 4.69) is 9.97 Å². The van der Waals surface area contributed by atoms with Gasteiger partial charge in [-0.25, -0.2) is 14.4 Å². The second-order valence-electron chi connectivity index (χ2n) is 4.67. The summed E-state index contributed by atoms with van der Waals surface area (Å²) >= 11 is 0. The maximum atomic E-state index is 14.1. The standard InChI is InChI=1S/C16H15FN4/c1-2-21(15-6-4-3-5-13(15)17)16-12-9-11(18)7-8-14(12)19-10-20-16/h3-10H,2,18H2,1H3. The lowest BCUT2D eigenvalue weighted by Crippen LogP contribution is -2.19. The van der Waals surface area contributed by atoms with Crippen LogP contribution in [0, 0.1) is 5.82 Å². The highest BCUT2D eigenvalue weighted by Gasteiger charge is 2.16. The Kier molecular flexibility index (Phi) is 3.39. The minimum Gasteiger partial charge on any atom is -0.399 e. The minimum absolute atomic E-state index is 0.282. The molecule has 3 rings (SSSR count). The molecule has 0 bridgehead atoms. The van der Waals surface area contributed by atoms with Crippen LogP contribution >= 0.6 is 0 Å². The number of para-hydroxylation sites is 1. The van der Waals surface area contributed by atoms with Crippen LogP contribution in [-0.2, 0) is 0 Å². The maximum Gasteiger partial charge on any atom is 0.146 e. The van der Waals surface area contributed by atoms with Crippen molar-refractivity contribution in [1.29, 1.82) is 0 Å². The molecule has 2 N–H and O–H groups in total. The summed E-state index contributed by atoms with van der Waals surface area (Å²) in [4.78, 5) is 10.4. The molecular weight excluding hydrogens is 267 g/mol. The Morgan fingerprint density at radius 1 is 1.14 bits per heavy atom. The van der Waals surface area contributed by atoms with E-state index in [9.17, 15) is 4.39 Å². The van der Waals surface area contributed by atoms with Gasteiger partial charge >= 0.3 is 0 Å². The van der Waals surface area contributed by atoms with Gasteiger partial charge in [0, 0.05) is 17.6 Å². The van der Waals surface area contributed by atoms with Crippen LogP contribution in [-0.4, -0.2) is 16.5 Å². The normalized spacial score (nSPS) is 10.8. The highest BCUT2D eigenvalue weighted by Crippen LogP contribution is 2.31. The smallest absolute Gasteiger partial charge is 0.146 e. The van der Waals surface area contributed by atoms with Crippen molar-refractivity contribution in [2.24, 2.45) is 0 Å². The molecule has 1 heterocycles. The summed E-state index contributed by atoms with van der Waals surface area (Å²) in [7, 11) is 0. The molecule has 0 radical (unpaired) electrons. The fourth-order valence-electron chi connectivity index (χ4n) is 2.38. The SMILES string of the molecule is CCN(c1ccccc1F)c1ncnc2ccc(N)cc12. The third-order valence-electron chi connectivity index (χ3n) is 3.35. The van der Waals surface area contributed by atoms with Crippen molar-refractivity contribution < 1.29 is 4.39 Å². The number of hydrogen-bond acceptors (Lipinski definition) is 4. The van der Waals surface area contributed by atoms with E-state index in [1.54, 1.807) is 24.3 Å². The first-order valence-electron chi connectivity index (χ1n) is 6.73. The molecule has 0 aliphatic heterocycles. The average Bonchev–Trinajstić information content (AvgIpc) is 2.50. The predicted octanol–water partition coefficient (Wildman–Crippen LogP) is 3.51. The number of anilines is 3. The Morgan fingerprint density at radius 3 is 2.71 bits per heavy atom. The summed E-state index contributed by atoms with van der Waals surface area (Å²) < 4.78 is 14.1. The van der Waals surface area contributed by atoms with Crippen molar-refractivity contribution in [3.63, 3.8) is 0 Å². The van der Waals surface area contributed by atoms with Crippen molar-refractivity contribution in [2.45, 2.75) is 6.92 Å². The van der Waals surface area contributed by atoms with Crippen LogP contribution in [0.2, 0.25) is 0 Å². The summed E-state index contributed by atoms with van der Waals surface area (Å²) in [5.74, 6) is 0.370. The second kappa shape index (κ2) is 5.36. The number of benzene rings is 2. The first-order chi connectivity index (χ1) is 10.2. The summed E-state index contributed by atoms with van der Waals surface area (Å²) in [5, 5.41) is 0.808. The maximum absolute atomic E-state index is 14.1. The zero-order valence-corrected chi connectivity index (χ0v) is 11.6. The van der Waals surface area contributed by atoms with Crippen molar-refractivity contribution >= 4 is 28.1 Å². The highest BCUT2D eigenvalue weighted by atomic mass is 19.1. The van der Waals surface area contributed by atoms with Crippen molar-refractivity contribution in [3.8, 4) is 0 Å². The lowest BCUT2D eigenvalue weighted by atomic mass is 10.2. The van der Waals surface area contributed by atoms with Crippen LogP contribution in [0.15, 0.2) is 48.8 Å². The van der Waals surface area contributed by atoms with Crippen LogP contribution in [0.1, 0.15) is 6.92 Å². The molecule has 0 aliphatic rings. The van der Waals surface area contributed by atoms with E-state index in [1.165, 1.54) is 12.4 Å². The Hall–Kier alpha value is -2.69. The fraction of sp³-hybridized carbons (Fsp3) is 0.125. The van der Waals surface area contributed by atoms with Gasteiger partial charge in [0.05, 0.1) is 11.2 Å². The van der Waals surface area contributed by atoms with Crippen molar-refractivity contribution in [2.75, 3.05) is 17.2 Å². The molecule has 0 amide bonds. The lowest BCUT2D eigenvalue weighted by Gasteiger charge is -2.23. The van der Waals surface area contributed by atoms with Gasteiger partial charge in [-0.2, -0.15) is 0 Å². The molecule has 21 heavy (non-hydrogen) atoms. The highest BCUT2D eigenvalue weighted by molar-refractivity contribution is 5.93. The third-order valence-corrected chi connectivity index (χ3v) is 3.35. The van der Waals surface area contributed by atoms with Crippen molar-refractivity contribution in [1.82, 2.24) is 9.97 Å². The fourth-order valence-corrected chi connectivity index (χ4v) is 2.38. The van der Waals surface area contributed by atoms with Gasteiger partial charge in [0.25, 0.3) is 0 Å². The number of nitrogen functional groups attached to an aromatic ring is 1. The molecule has 1 aromatic heterocycles. The molecule has 106 valence electrons. The number of aromatic nitrogens is 2. The molecule has 5 heteroatoms. The Morgan fingerprint density at radius 2 is 1.95 bits per heavy atom. The Labute approximate surface area is 122 Å². The molecule has 0 fully saturated rings. The number of fused-ring (bicyclic) bond motifs is 1. The van der Waals surface area contributed by atoms with Gasteiger partial charge in [0.2, 0.25) is 0 Å². The van der Waals surface area contributed by atoms with Crippen LogP contribution in [0.4, 0.5) is 21.6 Å². The molecule has 4 nitrogen and oxygen atoms in total. The van der Waals surface area contributed by atoms with E-state index in [0.717, 1.165) is 10.9 Å². The predicted molar refractivity (Wildman–Crippen MR) is 83.0 cm³/mol. The molecule has 0 aliphatic carbocycles. The quantitative estimate of drug-likeness (QED) is 0.747. The monoisotopic (exact) mass is 282 g/mol. The molecular formula is C16H15FN4. The Bertz CT molecular complexity index is 788. The van der Waals surface area contributed by atoms with E-state index in [1.807, 2.05) is 24.0 Å². The van der Waals surface area contributed by atoms with Gasteiger partial charge in [-0.3, -0.25) is 0 Å². The third kappa shape index (κ3) is 2.38. The largest absolute Gasteiger partial charge is 0.399 e. The summed E-state index contributed by atoms with van der Waals surface area (Å²) in [6.45, 7) is 2.54. The van der Waals surface area contributed by atoms with E-state index in [-0.39, 0.29) is 5.82 Å². The average molecular weight is 282 g/mol.